The van der Waals surface area contributed by atoms with E-state index in [1.165, 1.54) is 0 Å². The van der Waals surface area contributed by atoms with Crippen LogP contribution in [0.5, 0.6) is 0 Å². The van der Waals surface area contributed by atoms with Crippen LogP contribution in [0.3, 0.4) is 0 Å². The van der Waals surface area contributed by atoms with E-state index >= 15 is 0 Å². The molecule has 0 aliphatic heterocycles. The summed E-state index contributed by atoms with van der Waals surface area (Å²) >= 11 is 0. The number of aryl methyl sites for hydroxylation is 2. The van der Waals surface area contributed by atoms with E-state index in [2.05, 4.69) is 17.0 Å². The maximum atomic E-state index is 12.6. The second kappa shape index (κ2) is 5.87. The van der Waals surface area contributed by atoms with E-state index in [1.54, 1.807) is 20.9 Å². The monoisotopic (exact) mass is 300 g/mol. The Morgan fingerprint density at radius 2 is 2.00 bits per heavy atom. The van der Waals surface area contributed by atoms with E-state index in [9.17, 15) is 8.42 Å². The van der Waals surface area contributed by atoms with Crippen LogP contribution in [0.15, 0.2) is 9.31 Å². The SMILES string of the molecule is CCCC1CC1NS(=O)(=O)c1c(C)oc(C)c1CNC. The molecule has 0 bridgehead atoms. The van der Waals surface area contributed by atoms with Crippen molar-refractivity contribution in [2.75, 3.05) is 7.05 Å². The third-order valence-corrected chi connectivity index (χ3v) is 5.52. The molecule has 2 atom stereocenters. The van der Waals surface area contributed by atoms with Gasteiger partial charge in [0.2, 0.25) is 10.0 Å². The van der Waals surface area contributed by atoms with Crippen molar-refractivity contribution in [1.82, 2.24) is 10.0 Å². The Morgan fingerprint density at radius 1 is 1.30 bits per heavy atom. The van der Waals surface area contributed by atoms with E-state index in [-0.39, 0.29) is 6.04 Å². The van der Waals surface area contributed by atoms with Crippen LogP contribution in [0.2, 0.25) is 0 Å². The number of nitrogens with one attached hydrogen (secondary N) is 2. The first-order valence-corrected chi connectivity index (χ1v) is 8.64. The van der Waals surface area contributed by atoms with E-state index < -0.39 is 10.0 Å². The maximum Gasteiger partial charge on any atom is 0.244 e. The summed E-state index contributed by atoms with van der Waals surface area (Å²) in [6, 6.07) is 0.0944. The van der Waals surface area contributed by atoms with Gasteiger partial charge in [-0.1, -0.05) is 13.3 Å². The molecular weight excluding hydrogens is 276 g/mol. The van der Waals surface area contributed by atoms with Crippen molar-refractivity contribution < 1.29 is 12.8 Å². The molecule has 1 aromatic rings. The first kappa shape index (κ1) is 15.5. The summed E-state index contributed by atoms with van der Waals surface area (Å²) < 4.78 is 33.4. The summed E-state index contributed by atoms with van der Waals surface area (Å²) in [5, 5.41) is 3.00. The summed E-state index contributed by atoms with van der Waals surface area (Å²) in [5.41, 5.74) is 0.727. The Morgan fingerprint density at radius 3 is 2.60 bits per heavy atom. The van der Waals surface area contributed by atoms with Gasteiger partial charge in [0.25, 0.3) is 0 Å². The van der Waals surface area contributed by atoms with Crippen LogP contribution in [0, 0.1) is 19.8 Å². The van der Waals surface area contributed by atoms with Gasteiger partial charge in [0.15, 0.2) is 0 Å². The molecule has 2 rings (SSSR count). The van der Waals surface area contributed by atoms with Crippen molar-refractivity contribution in [2.24, 2.45) is 5.92 Å². The number of furan rings is 1. The molecule has 0 spiro atoms. The second-order valence-corrected chi connectivity index (χ2v) is 7.22. The van der Waals surface area contributed by atoms with Crippen molar-refractivity contribution in [3.05, 3.63) is 17.1 Å². The topological polar surface area (TPSA) is 71.3 Å². The van der Waals surface area contributed by atoms with Gasteiger partial charge in [0, 0.05) is 18.2 Å². The largest absolute Gasteiger partial charge is 0.465 e. The Balaban J connectivity index is 2.22. The van der Waals surface area contributed by atoms with E-state index in [0.29, 0.717) is 28.9 Å². The van der Waals surface area contributed by atoms with Gasteiger partial charge in [-0.2, -0.15) is 0 Å². The van der Waals surface area contributed by atoms with Crippen LogP contribution in [-0.2, 0) is 16.6 Å². The van der Waals surface area contributed by atoms with Crippen LogP contribution < -0.4 is 10.0 Å². The van der Waals surface area contributed by atoms with Gasteiger partial charge in [-0.25, -0.2) is 13.1 Å². The molecule has 2 unspecified atom stereocenters. The van der Waals surface area contributed by atoms with E-state index in [1.807, 2.05) is 0 Å². The predicted molar refractivity (Wildman–Crippen MR) is 78.1 cm³/mol. The lowest BCUT2D eigenvalue weighted by molar-refractivity contribution is 0.493. The summed E-state index contributed by atoms with van der Waals surface area (Å²) in [4.78, 5) is 0.312. The van der Waals surface area contributed by atoms with E-state index in [0.717, 1.165) is 24.8 Å². The van der Waals surface area contributed by atoms with E-state index in [4.69, 9.17) is 4.42 Å². The molecule has 1 aromatic heterocycles. The molecular formula is C14H24N2O3S. The van der Waals surface area contributed by atoms with Crippen molar-refractivity contribution in [2.45, 2.75) is 57.5 Å². The van der Waals surface area contributed by atoms with Gasteiger partial charge in [-0.05, 0) is 39.7 Å². The molecule has 20 heavy (non-hydrogen) atoms. The highest BCUT2D eigenvalue weighted by Gasteiger charge is 2.40. The van der Waals surface area contributed by atoms with Gasteiger partial charge in [-0.15, -0.1) is 0 Å². The fourth-order valence-corrected chi connectivity index (χ4v) is 4.55. The summed E-state index contributed by atoms with van der Waals surface area (Å²) in [6.45, 7) is 6.12. The first-order valence-electron chi connectivity index (χ1n) is 7.16. The molecule has 1 aliphatic rings. The molecule has 1 fully saturated rings. The zero-order chi connectivity index (χ0) is 14.9. The highest BCUT2D eigenvalue weighted by molar-refractivity contribution is 7.89. The van der Waals surface area contributed by atoms with Crippen molar-refractivity contribution in [1.29, 1.82) is 0 Å². The Labute approximate surface area is 121 Å². The molecule has 0 amide bonds. The average Bonchev–Trinajstić information content (AvgIpc) is 2.97. The minimum absolute atomic E-state index is 0.0944. The normalized spacial score (nSPS) is 22.2. The zero-order valence-electron chi connectivity index (χ0n) is 12.6. The average molecular weight is 300 g/mol. The highest BCUT2D eigenvalue weighted by atomic mass is 32.2. The van der Waals surface area contributed by atoms with Gasteiger partial charge in [0.05, 0.1) is 0 Å². The molecule has 2 N–H and O–H groups in total. The summed E-state index contributed by atoms with van der Waals surface area (Å²) in [6.07, 6.45) is 3.13. The first-order chi connectivity index (χ1) is 9.40. The molecule has 1 saturated carbocycles. The number of rotatable bonds is 7. The summed E-state index contributed by atoms with van der Waals surface area (Å²) in [5.74, 6) is 1.63. The van der Waals surface area contributed by atoms with Crippen LogP contribution >= 0.6 is 0 Å². The van der Waals surface area contributed by atoms with Gasteiger partial charge in [0.1, 0.15) is 16.4 Å². The van der Waals surface area contributed by atoms with Crippen molar-refractivity contribution in [3.8, 4) is 0 Å². The molecule has 0 saturated heterocycles. The third-order valence-electron chi connectivity index (χ3n) is 3.84. The smallest absolute Gasteiger partial charge is 0.244 e. The molecule has 114 valence electrons. The van der Waals surface area contributed by atoms with Crippen molar-refractivity contribution >= 4 is 10.0 Å². The predicted octanol–water partition coefficient (Wildman–Crippen LogP) is 2.08. The van der Waals surface area contributed by atoms with Crippen molar-refractivity contribution in [3.63, 3.8) is 0 Å². The Hall–Kier alpha value is -0.850. The summed E-state index contributed by atoms with van der Waals surface area (Å²) in [7, 11) is -1.70. The zero-order valence-corrected chi connectivity index (χ0v) is 13.4. The standard InChI is InChI=1S/C14H24N2O3S/c1-5-6-11-7-13(11)16-20(17,18)14-10(3)19-9(2)12(14)8-15-4/h11,13,15-16H,5-8H2,1-4H3. The minimum atomic E-state index is -3.49. The number of hydrogen-bond acceptors (Lipinski definition) is 4. The van der Waals surface area contributed by atoms with Crippen LogP contribution in [0.25, 0.3) is 0 Å². The van der Waals surface area contributed by atoms with Crippen LogP contribution in [0.4, 0.5) is 0 Å². The molecule has 0 radical (unpaired) electrons. The van der Waals surface area contributed by atoms with Gasteiger partial charge >= 0.3 is 0 Å². The lowest BCUT2D eigenvalue weighted by Crippen LogP contribution is -2.28. The minimum Gasteiger partial charge on any atom is -0.465 e. The van der Waals surface area contributed by atoms with Gasteiger partial charge < -0.3 is 9.73 Å². The number of hydrogen-bond donors (Lipinski definition) is 2. The van der Waals surface area contributed by atoms with Crippen LogP contribution in [-0.4, -0.2) is 21.5 Å². The fraction of sp³-hybridized carbons (Fsp3) is 0.714. The Kier molecular flexibility index (Phi) is 4.56. The fourth-order valence-electron chi connectivity index (χ4n) is 2.78. The quantitative estimate of drug-likeness (QED) is 0.809. The second-order valence-electron chi connectivity index (χ2n) is 5.56. The third kappa shape index (κ3) is 3.07. The Bertz CT molecular complexity index is 577. The van der Waals surface area contributed by atoms with Crippen LogP contribution in [0.1, 0.15) is 43.3 Å². The molecule has 1 heterocycles. The molecule has 6 heteroatoms. The molecule has 1 aliphatic carbocycles. The lowest BCUT2D eigenvalue weighted by atomic mass is 10.2. The lowest BCUT2D eigenvalue weighted by Gasteiger charge is -2.08. The number of sulfonamides is 1. The maximum absolute atomic E-state index is 12.6. The molecule has 5 nitrogen and oxygen atoms in total. The molecule has 0 aromatic carbocycles. The highest BCUT2D eigenvalue weighted by Crippen LogP contribution is 2.36. The van der Waals surface area contributed by atoms with Gasteiger partial charge in [-0.3, -0.25) is 0 Å².